The molecule has 0 aliphatic heterocycles. The highest BCUT2D eigenvalue weighted by molar-refractivity contribution is 6.36. The average molecular weight is 429 g/mol. The van der Waals surface area contributed by atoms with E-state index in [1.807, 2.05) is 0 Å². The molecule has 0 aromatic heterocycles. The van der Waals surface area contributed by atoms with Gasteiger partial charge in [-0.05, 0) is 38.5 Å². The van der Waals surface area contributed by atoms with Crippen molar-refractivity contribution in [3.05, 3.63) is 0 Å². The fourth-order valence-corrected chi connectivity index (χ4v) is 4.72. The van der Waals surface area contributed by atoms with Gasteiger partial charge in [-0.1, -0.05) is 49.0 Å². The summed E-state index contributed by atoms with van der Waals surface area (Å²) in [5, 5.41) is 0. The Balaban J connectivity index is -0.000000411. The van der Waals surface area contributed by atoms with Crippen LogP contribution in [0.2, 0.25) is 0 Å². The first-order chi connectivity index (χ1) is 12.7. The van der Waals surface area contributed by atoms with Crippen molar-refractivity contribution in [1.29, 1.82) is 0 Å². The Morgan fingerprint density at radius 3 is 0.630 bits per heavy atom. The van der Waals surface area contributed by atoms with Crippen LogP contribution in [0.15, 0.2) is 0 Å². The molecule has 0 unspecified atom stereocenters. The van der Waals surface area contributed by atoms with Crippen LogP contribution in [0.1, 0.15) is 87.5 Å². The molecule has 0 rings (SSSR count). The van der Waals surface area contributed by atoms with Gasteiger partial charge in [0.2, 0.25) is 0 Å². The minimum absolute atomic E-state index is 0. The van der Waals surface area contributed by atoms with E-state index in [0.717, 1.165) is 78.2 Å². The third-order valence-corrected chi connectivity index (χ3v) is 5.80. The van der Waals surface area contributed by atoms with Gasteiger partial charge in [-0.15, -0.1) is 0 Å². The van der Waals surface area contributed by atoms with Gasteiger partial charge in [0.25, 0.3) is 0 Å². The first kappa shape index (κ1) is 31.9. The molecular weight excluding hydrogens is 380 g/mol. The fraction of sp³-hybridized carbons (Fsp3) is 1.00. The quantitative estimate of drug-likeness (QED) is 0.297. The van der Waals surface area contributed by atoms with E-state index in [4.69, 9.17) is 26.6 Å². The summed E-state index contributed by atoms with van der Waals surface area (Å²) in [4.78, 5) is 0. The molecule has 27 heavy (non-hydrogen) atoms. The highest BCUT2D eigenvalue weighted by Crippen LogP contribution is 1.97. The average Bonchev–Trinajstić information content (AvgIpc) is 2.67. The zero-order chi connectivity index (χ0) is 19.9. The zero-order valence-corrected chi connectivity index (χ0v) is 20.4. The second-order valence-electron chi connectivity index (χ2n) is 5.80. The first-order valence-corrected chi connectivity index (χ1v) is 13.2. The molecule has 0 aliphatic rings. The molecule has 168 valence electrons. The van der Waals surface area contributed by atoms with E-state index < -0.39 is 19.1 Å². The number of hydrogen-bond donors (Lipinski definition) is 0. The molecule has 0 bridgehead atoms. The van der Waals surface area contributed by atoms with Crippen molar-refractivity contribution in [2.24, 2.45) is 0 Å². The Labute approximate surface area is 173 Å². The number of hydrogen-bond acceptors (Lipinski definition) is 6. The summed E-state index contributed by atoms with van der Waals surface area (Å²) in [5.74, 6) is 0. The lowest BCUT2D eigenvalue weighted by Crippen LogP contribution is -2.28. The summed E-state index contributed by atoms with van der Waals surface area (Å²) in [6.07, 6.45) is 6.13. The lowest BCUT2D eigenvalue weighted by molar-refractivity contribution is 0.0928. The van der Waals surface area contributed by atoms with Crippen molar-refractivity contribution in [3.8, 4) is 0 Å². The Bertz CT molecular complexity index is 188. The van der Waals surface area contributed by atoms with Crippen LogP contribution in [0, 0.1) is 0 Å². The number of rotatable bonds is 18. The molecule has 6 nitrogen and oxygen atoms in total. The van der Waals surface area contributed by atoms with Crippen molar-refractivity contribution in [1.82, 2.24) is 0 Å². The monoisotopic (exact) mass is 428 g/mol. The summed E-state index contributed by atoms with van der Waals surface area (Å²) in [6, 6.07) is 0. The summed E-state index contributed by atoms with van der Waals surface area (Å²) in [7, 11) is -3.57. The normalized spacial score (nSPS) is 10.7. The van der Waals surface area contributed by atoms with E-state index in [1.54, 1.807) is 0 Å². The molecular formula is C19H48O6Si2. The highest BCUT2D eigenvalue weighted by atomic mass is 28.3. The summed E-state index contributed by atoms with van der Waals surface area (Å²) in [6.45, 7) is 17.1. The molecule has 0 saturated carbocycles. The van der Waals surface area contributed by atoms with Gasteiger partial charge in [0, 0.05) is 39.6 Å². The van der Waals surface area contributed by atoms with Crippen LogP contribution < -0.4 is 0 Å². The van der Waals surface area contributed by atoms with Crippen molar-refractivity contribution < 1.29 is 26.6 Å². The maximum atomic E-state index is 5.49. The van der Waals surface area contributed by atoms with E-state index in [-0.39, 0.29) is 7.43 Å². The van der Waals surface area contributed by atoms with Gasteiger partial charge in [-0.3, -0.25) is 0 Å². The van der Waals surface area contributed by atoms with Gasteiger partial charge in [0.1, 0.15) is 0 Å². The van der Waals surface area contributed by atoms with Crippen LogP contribution in [0.25, 0.3) is 0 Å². The van der Waals surface area contributed by atoms with E-state index in [9.17, 15) is 0 Å². The van der Waals surface area contributed by atoms with Crippen molar-refractivity contribution in [3.63, 3.8) is 0 Å². The fourth-order valence-electron chi connectivity index (χ4n) is 1.57. The largest absolute Gasteiger partial charge is 0.484 e. The second-order valence-corrected chi connectivity index (χ2v) is 8.96. The highest BCUT2D eigenvalue weighted by Gasteiger charge is 2.14. The minimum Gasteiger partial charge on any atom is -0.376 e. The van der Waals surface area contributed by atoms with E-state index in [2.05, 4.69) is 41.5 Å². The van der Waals surface area contributed by atoms with E-state index in [0.29, 0.717) is 0 Å². The lowest BCUT2D eigenvalue weighted by atomic mass is 10.5. The van der Waals surface area contributed by atoms with Gasteiger partial charge in [0.15, 0.2) is 0 Å². The molecule has 0 aliphatic carbocycles. The SMILES string of the molecule is C.CCCO[SiH](OCCC)OCCC.CCCO[SiH](OCCC)OCCC. The van der Waals surface area contributed by atoms with Crippen molar-refractivity contribution in [2.45, 2.75) is 87.5 Å². The molecule has 0 spiro atoms. The summed E-state index contributed by atoms with van der Waals surface area (Å²) < 4.78 is 32.9. The van der Waals surface area contributed by atoms with Gasteiger partial charge in [0.05, 0.1) is 0 Å². The molecule has 0 heterocycles. The molecule has 0 amide bonds. The lowest BCUT2D eigenvalue weighted by Gasteiger charge is -2.15. The predicted octanol–water partition coefficient (Wildman–Crippen LogP) is 4.60. The smallest absolute Gasteiger partial charge is 0.376 e. The van der Waals surface area contributed by atoms with Gasteiger partial charge in [-0.25, -0.2) is 0 Å². The predicted molar refractivity (Wildman–Crippen MR) is 118 cm³/mol. The standard InChI is InChI=1S/2C9H22O3Si.CH4/c2*1-4-7-10-13(11-8-5-2)12-9-6-3;/h2*13H,4-9H2,1-3H3;1H4. The molecule has 0 saturated heterocycles. The van der Waals surface area contributed by atoms with Crippen LogP contribution in [-0.4, -0.2) is 58.7 Å². The third kappa shape index (κ3) is 26.2. The zero-order valence-electron chi connectivity index (χ0n) is 18.1. The molecule has 0 N–H and O–H groups in total. The maximum Gasteiger partial charge on any atom is 0.484 e. The van der Waals surface area contributed by atoms with E-state index >= 15 is 0 Å². The summed E-state index contributed by atoms with van der Waals surface area (Å²) in [5.41, 5.74) is 0. The Morgan fingerprint density at radius 2 is 0.519 bits per heavy atom. The van der Waals surface area contributed by atoms with Gasteiger partial charge < -0.3 is 26.6 Å². The van der Waals surface area contributed by atoms with Crippen molar-refractivity contribution >= 4 is 19.1 Å². The molecule has 8 heteroatoms. The van der Waals surface area contributed by atoms with Crippen LogP contribution in [0.3, 0.4) is 0 Å². The van der Waals surface area contributed by atoms with Gasteiger partial charge >= 0.3 is 19.1 Å². The topological polar surface area (TPSA) is 55.4 Å². The molecule has 0 aromatic carbocycles. The first-order valence-electron chi connectivity index (χ1n) is 10.4. The molecule has 0 fully saturated rings. The second kappa shape index (κ2) is 28.4. The Hall–Kier alpha value is 0.194. The van der Waals surface area contributed by atoms with E-state index in [1.165, 1.54) is 0 Å². The Kier molecular flexibility index (Phi) is 33.5. The summed E-state index contributed by atoms with van der Waals surface area (Å²) >= 11 is 0. The van der Waals surface area contributed by atoms with Crippen LogP contribution >= 0.6 is 0 Å². The maximum absolute atomic E-state index is 5.49. The third-order valence-electron chi connectivity index (χ3n) is 2.75. The van der Waals surface area contributed by atoms with Crippen LogP contribution in [0.5, 0.6) is 0 Å². The van der Waals surface area contributed by atoms with Crippen molar-refractivity contribution in [2.75, 3.05) is 39.6 Å². The van der Waals surface area contributed by atoms with Crippen LogP contribution in [0.4, 0.5) is 0 Å². The van der Waals surface area contributed by atoms with Crippen LogP contribution in [-0.2, 0) is 26.6 Å². The molecule has 0 atom stereocenters. The minimum atomic E-state index is -1.79. The van der Waals surface area contributed by atoms with Gasteiger partial charge in [-0.2, -0.15) is 0 Å². The molecule has 0 radical (unpaired) electrons. The molecule has 0 aromatic rings. The Morgan fingerprint density at radius 1 is 0.370 bits per heavy atom.